The lowest BCUT2D eigenvalue weighted by Crippen LogP contribution is -2.49. The second-order valence-electron chi connectivity index (χ2n) is 10.5. The van der Waals surface area contributed by atoms with Crippen LogP contribution in [0.25, 0.3) is 0 Å². The lowest BCUT2D eigenvalue weighted by atomic mass is 10.0. The van der Waals surface area contributed by atoms with E-state index in [1.165, 1.54) is 96.3 Å². The highest BCUT2D eigenvalue weighted by molar-refractivity contribution is 6.28. The summed E-state index contributed by atoms with van der Waals surface area (Å²) in [5, 5.41) is 13.9. The van der Waals surface area contributed by atoms with Crippen molar-refractivity contribution in [3.63, 3.8) is 0 Å². The maximum absolute atomic E-state index is 7.06. The first-order valence-electron chi connectivity index (χ1n) is 15.1. The van der Waals surface area contributed by atoms with Gasteiger partial charge in [-0.3, -0.25) is 0 Å². The highest BCUT2D eigenvalue weighted by atomic mass is 35.5. The van der Waals surface area contributed by atoms with Crippen molar-refractivity contribution in [3.05, 3.63) is 0 Å². The number of alkyl halides is 1. The third-order valence-electron chi connectivity index (χ3n) is 7.16. The van der Waals surface area contributed by atoms with Crippen LogP contribution in [-0.2, 0) is 0 Å². The summed E-state index contributed by atoms with van der Waals surface area (Å²) in [6.45, 7) is 10.4. The van der Waals surface area contributed by atoms with E-state index in [1.807, 2.05) is 4.42 Å². The molecule has 35 heavy (non-hydrogen) atoms. The van der Waals surface area contributed by atoms with Crippen molar-refractivity contribution in [1.82, 2.24) is 25.7 Å². The molecule has 1 atom stereocenters. The monoisotopic (exact) mass is 535 g/mol. The molecule has 1 fully saturated rings. The van der Waals surface area contributed by atoms with E-state index >= 15 is 0 Å². The van der Waals surface area contributed by atoms with Gasteiger partial charge in [-0.05, 0) is 18.2 Å². The third kappa shape index (κ3) is 20.1. The molecule has 1 rings (SSSR count). The zero-order valence-corrected chi connectivity index (χ0v) is 24.6. The topological polar surface area (TPSA) is 51.4 Å². The zero-order chi connectivity index (χ0) is 25.3. The van der Waals surface area contributed by atoms with Gasteiger partial charge in [0, 0.05) is 58.9 Å². The van der Waals surface area contributed by atoms with Gasteiger partial charge in [-0.25, -0.2) is 0 Å². The van der Waals surface area contributed by atoms with Gasteiger partial charge in [0.1, 0.15) is 5.00 Å². The number of unbranched alkanes of at least 4 members (excludes halogenated alkanes) is 15. The highest BCUT2D eigenvalue weighted by Gasteiger charge is 2.32. The molecule has 0 amide bonds. The van der Waals surface area contributed by atoms with Crippen LogP contribution in [0.3, 0.4) is 0 Å². The van der Waals surface area contributed by atoms with Gasteiger partial charge in [0.15, 0.2) is 0 Å². The van der Waals surface area contributed by atoms with Crippen molar-refractivity contribution in [2.24, 2.45) is 0 Å². The molecule has 0 spiro atoms. The summed E-state index contributed by atoms with van der Waals surface area (Å²) >= 11 is 13.8. The standard InChI is InChI=1S/C28H59Cl2N5/c1-2-3-4-5-6-7-8-9-10-11-12-13-14-15-16-17-18-28(29)27-34-24-23-32-20-19-31-21-22-33-25-26-35(28)30/h31-34H,2-27H2,1H3. The Morgan fingerprint density at radius 3 is 1.37 bits per heavy atom. The molecule has 0 aromatic heterocycles. The van der Waals surface area contributed by atoms with Gasteiger partial charge in [0.2, 0.25) is 0 Å². The lowest BCUT2D eigenvalue weighted by molar-refractivity contribution is 0.257. The average molecular weight is 537 g/mol. The highest BCUT2D eigenvalue weighted by Crippen LogP contribution is 2.29. The molecule has 0 saturated carbocycles. The van der Waals surface area contributed by atoms with Crippen LogP contribution in [-0.4, -0.2) is 68.3 Å². The van der Waals surface area contributed by atoms with E-state index < -0.39 is 5.00 Å². The van der Waals surface area contributed by atoms with Gasteiger partial charge in [0.25, 0.3) is 0 Å². The Labute approximate surface area is 228 Å². The van der Waals surface area contributed by atoms with Crippen LogP contribution in [0.4, 0.5) is 0 Å². The predicted octanol–water partition coefficient (Wildman–Crippen LogP) is 6.40. The molecule has 1 heterocycles. The Balaban J connectivity index is 2.07. The molecule has 0 aromatic rings. The summed E-state index contributed by atoms with van der Waals surface area (Å²) in [7, 11) is 0. The minimum Gasteiger partial charge on any atom is -0.314 e. The van der Waals surface area contributed by atoms with E-state index in [9.17, 15) is 0 Å². The van der Waals surface area contributed by atoms with Gasteiger partial charge in [0.05, 0.1) is 0 Å². The SMILES string of the molecule is CCCCCCCCCCCCCCCCCCC1(Cl)CNCCNCCNCCNCCN1Cl. The molecule has 1 aliphatic heterocycles. The third-order valence-corrected chi connectivity index (χ3v) is 8.27. The fourth-order valence-corrected chi connectivity index (χ4v) is 5.34. The van der Waals surface area contributed by atoms with Crippen molar-refractivity contribution in [1.29, 1.82) is 0 Å². The van der Waals surface area contributed by atoms with Crippen molar-refractivity contribution in [2.45, 2.75) is 121 Å². The molecule has 1 saturated heterocycles. The molecule has 0 radical (unpaired) electrons. The van der Waals surface area contributed by atoms with Crippen molar-refractivity contribution >= 4 is 23.4 Å². The number of hydrogen-bond acceptors (Lipinski definition) is 5. The van der Waals surface area contributed by atoms with Crippen LogP contribution in [0.15, 0.2) is 0 Å². The molecule has 210 valence electrons. The minimum absolute atomic E-state index is 0.516. The van der Waals surface area contributed by atoms with Gasteiger partial charge in [-0.2, -0.15) is 4.42 Å². The van der Waals surface area contributed by atoms with Crippen molar-refractivity contribution in [2.75, 3.05) is 58.9 Å². The quantitative estimate of drug-likeness (QED) is 0.0750. The smallest absolute Gasteiger partial charge is 0.122 e. The fourth-order valence-electron chi connectivity index (χ4n) is 4.80. The summed E-state index contributed by atoms with van der Waals surface area (Å²) in [4.78, 5) is -0.516. The Kier molecular flexibility index (Phi) is 23.6. The molecule has 0 aliphatic carbocycles. The first kappa shape index (κ1) is 33.4. The Morgan fingerprint density at radius 1 is 0.543 bits per heavy atom. The van der Waals surface area contributed by atoms with E-state index in [2.05, 4.69) is 28.2 Å². The van der Waals surface area contributed by atoms with E-state index in [0.717, 1.165) is 71.7 Å². The summed E-state index contributed by atoms with van der Waals surface area (Å²) in [6.07, 6.45) is 23.1. The Bertz CT molecular complexity index is 444. The molecule has 5 nitrogen and oxygen atoms in total. The number of nitrogens with zero attached hydrogens (tertiary/aromatic N) is 1. The van der Waals surface area contributed by atoms with Crippen LogP contribution in [0.5, 0.6) is 0 Å². The number of nitrogens with one attached hydrogen (secondary N) is 4. The molecular formula is C28H59Cl2N5. The largest absolute Gasteiger partial charge is 0.314 e. The minimum atomic E-state index is -0.516. The molecule has 7 heteroatoms. The van der Waals surface area contributed by atoms with Gasteiger partial charge in [-0.15, -0.1) is 0 Å². The first-order valence-corrected chi connectivity index (χ1v) is 15.9. The van der Waals surface area contributed by atoms with Crippen molar-refractivity contribution < 1.29 is 0 Å². The van der Waals surface area contributed by atoms with E-state index in [0.29, 0.717) is 0 Å². The second-order valence-corrected chi connectivity index (χ2v) is 11.6. The maximum Gasteiger partial charge on any atom is 0.122 e. The Morgan fingerprint density at radius 2 is 0.914 bits per heavy atom. The van der Waals surface area contributed by atoms with Gasteiger partial charge >= 0.3 is 0 Å². The van der Waals surface area contributed by atoms with Crippen molar-refractivity contribution in [3.8, 4) is 0 Å². The summed E-state index contributed by atoms with van der Waals surface area (Å²) < 4.78 is 1.83. The first-order chi connectivity index (χ1) is 17.2. The number of rotatable bonds is 17. The molecule has 0 bridgehead atoms. The predicted molar refractivity (Wildman–Crippen MR) is 157 cm³/mol. The normalized spacial score (nSPS) is 22.0. The van der Waals surface area contributed by atoms with E-state index in [-0.39, 0.29) is 0 Å². The van der Waals surface area contributed by atoms with Crippen LogP contribution >= 0.6 is 23.4 Å². The lowest BCUT2D eigenvalue weighted by Gasteiger charge is -2.35. The number of hydrogen-bond donors (Lipinski definition) is 4. The maximum atomic E-state index is 7.06. The average Bonchev–Trinajstić information content (AvgIpc) is 2.86. The van der Waals surface area contributed by atoms with E-state index in [1.54, 1.807) is 0 Å². The van der Waals surface area contributed by atoms with E-state index in [4.69, 9.17) is 23.4 Å². The van der Waals surface area contributed by atoms with Crippen LogP contribution in [0.1, 0.15) is 116 Å². The van der Waals surface area contributed by atoms with Crippen LogP contribution < -0.4 is 21.3 Å². The Hall–Kier alpha value is 0.380. The van der Waals surface area contributed by atoms with Crippen LogP contribution in [0.2, 0.25) is 0 Å². The number of halogens is 2. The molecule has 1 aliphatic rings. The summed E-state index contributed by atoms with van der Waals surface area (Å²) in [5.41, 5.74) is 0. The molecule has 1 unspecified atom stereocenters. The van der Waals surface area contributed by atoms with Crippen LogP contribution in [0, 0.1) is 0 Å². The van der Waals surface area contributed by atoms with Gasteiger partial charge in [-0.1, -0.05) is 121 Å². The fraction of sp³-hybridized carbons (Fsp3) is 1.00. The second kappa shape index (κ2) is 24.7. The molecule has 4 N–H and O–H groups in total. The van der Waals surface area contributed by atoms with Gasteiger partial charge < -0.3 is 21.3 Å². The summed E-state index contributed by atoms with van der Waals surface area (Å²) in [5.74, 6) is 0. The molecule has 0 aromatic carbocycles. The zero-order valence-electron chi connectivity index (χ0n) is 23.1. The summed E-state index contributed by atoms with van der Waals surface area (Å²) in [6, 6.07) is 0. The molecular weight excluding hydrogens is 477 g/mol.